The largest absolute Gasteiger partial charge is 0.375 e. The summed E-state index contributed by atoms with van der Waals surface area (Å²) in [6.45, 7) is 5.48. The Morgan fingerprint density at radius 1 is 1.47 bits per heavy atom. The molecule has 1 aromatic carbocycles. The van der Waals surface area contributed by atoms with E-state index in [0.717, 1.165) is 12.1 Å². The van der Waals surface area contributed by atoms with Gasteiger partial charge in [0.05, 0.1) is 18.4 Å². The highest BCUT2D eigenvalue weighted by atomic mass is 79.9. The summed E-state index contributed by atoms with van der Waals surface area (Å²) in [7, 11) is 0. The second-order valence-corrected chi connectivity index (χ2v) is 5.09. The van der Waals surface area contributed by atoms with Crippen LogP contribution in [-0.4, -0.2) is 25.3 Å². The molecule has 4 heteroatoms. The first-order valence-electron chi connectivity index (χ1n) is 5.85. The molecule has 0 amide bonds. The monoisotopic (exact) mass is 301 g/mol. The van der Waals surface area contributed by atoms with Crippen molar-refractivity contribution in [1.82, 2.24) is 0 Å². The molecule has 0 saturated carbocycles. The molecule has 1 aliphatic rings. The highest BCUT2D eigenvalue weighted by molar-refractivity contribution is 9.08. The van der Waals surface area contributed by atoms with Gasteiger partial charge in [0.1, 0.15) is 5.82 Å². The molecule has 0 N–H and O–H groups in total. The molecule has 1 saturated heterocycles. The average Bonchev–Trinajstić information content (AvgIpc) is 2.32. The van der Waals surface area contributed by atoms with E-state index in [-0.39, 0.29) is 18.0 Å². The van der Waals surface area contributed by atoms with Crippen LogP contribution in [0, 0.1) is 5.82 Å². The fraction of sp³-hybridized carbons (Fsp3) is 0.538. The molecular weight excluding hydrogens is 285 g/mol. The number of hydrogen-bond donors (Lipinski definition) is 0. The predicted molar refractivity (Wildman–Crippen MR) is 71.3 cm³/mol. The van der Waals surface area contributed by atoms with Gasteiger partial charge in [-0.15, -0.1) is 0 Å². The first-order valence-corrected chi connectivity index (χ1v) is 6.97. The van der Waals surface area contributed by atoms with Crippen molar-refractivity contribution in [3.63, 3.8) is 0 Å². The summed E-state index contributed by atoms with van der Waals surface area (Å²) >= 11 is 3.42. The molecule has 0 bridgehead atoms. The van der Waals surface area contributed by atoms with E-state index in [1.54, 1.807) is 6.07 Å². The van der Waals surface area contributed by atoms with Crippen LogP contribution in [0.1, 0.15) is 19.4 Å². The number of alkyl halides is 1. The van der Waals surface area contributed by atoms with E-state index in [1.807, 2.05) is 13.0 Å². The quantitative estimate of drug-likeness (QED) is 0.777. The van der Waals surface area contributed by atoms with E-state index < -0.39 is 0 Å². The lowest BCUT2D eigenvalue weighted by atomic mass is 10.1. The van der Waals surface area contributed by atoms with Crippen LogP contribution >= 0.6 is 15.9 Å². The number of anilines is 1. The summed E-state index contributed by atoms with van der Waals surface area (Å²) in [6, 6.07) is 5.44. The lowest BCUT2D eigenvalue weighted by Gasteiger charge is -2.39. The van der Waals surface area contributed by atoms with Gasteiger partial charge in [-0.3, -0.25) is 0 Å². The van der Waals surface area contributed by atoms with Gasteiger partial charge in [-0.1, -0.05) is 28.1 Å². The van der Waals surface area contributed by atoms with Crippen LogP contribution in [0.4, 0.5) is 10.1 Å². The molecule has 1 aromatic rings. The summed E-state index contributed by atoms with van der Waals surface area (Å²) in [6.07, 6.45) is 0.147. The van der Waals surface area contributed by atoms with Crippen LogP contribution in [0.3, 0.4) is 0 Å². The van der Waals surface area contributed by atoms with Crippen LogP contribution < -0.4 is 4.90 Å². The van der Waals surface area contributed by atoms with E-state index in [1.165, 1.54) is 6.07 Å². The summed E-state index contributed by atoms with van der Waals surface area (Å²) < 4.78 is 19.6. The topological polar surface area (TPSA) is 12.5 Å². The maximum Gasteiger partial charge on any atom is 0.146 e. The molecule has 1 fully saturated rings. The number of halogens is 2. The van der Waals surface area contributed by atoms with Crippen LogP contribution in [0.25, 0.3) is 0 Å². The smallest absolute Gasteiger partial charge is 0.146 e. The van der Waals surface area contributed by atoms with Gasteiger partial charge in [-0.2, -0.15) is 0 Å². The Bertz CT molecular complexity index is 399. The molecule has 0 aromatic heterocycles. The van der Waals surface area contributed by atoms with E-state index in [0.29, 0.717) is 17.6 Å². The highest BCUT2D eigenvalue weighted by Gasteiger charge is 2.27. The van der Waals surface area contributed by atoms with Crippen LogP contribution in [0.2, 0.25) is 0 Å². The lowest BCUT2D eigenvalue weighted by molar-refractivity contribution is 0.0340. The number of benzene rings is 1. The van der Waals surface area contributed by atoms with Crippen LogP contribution in [0.15, 0.2) is 18.2 Å². The van der Waals surface area contributed by atoms with Gasteiger partial charge in [0.15, 0.2) is 0 Å². The minimum Gasteiger partial charge on any atom is -0.375 e. The Labute approximate surface area is 110 Å². The number of ether oxygens (including phenoxy) is 1. The minimum atomic E-state index is -0.150. The molecule has 2 rings (SSSR count). The predicted octanol–water partition coefficient (Wildman–Crippen LogP) is 3.33. The number of nitrogens with zero attached hydrogens (tertiary/aromatic N) is 1. The third-order valence-corrected chi connectivity index (χ3v) is 3.71. The maximum absolute atomic E-state index is 14.0. The number of para-hydroxylation sites is 1. The fourth-order valence-corrected chi connectivity index (χ4v) is 2.66. The highest BCUT2D eigenvalue weighted by Crippen LogP contribution is 2.30. The van der Waals surface area contributed by atoms with Crippen molar-refractivity contribution in [2.24, 2.45) is 0 Å². The molecule has 0 radical (unpaired) electrons. The zero-order valence-electron chi connectivity index (χ0n) is 10.1. The zero-order chi connectivity index (χ0) is 12.4. The Kier molecular flexibility index (Phi) is 4.05. The lowest BCUT2D eigenvalue weighted by Crippen LogP contribution is -2.48. The molecule has 0 aliphatic carbocycles. The molecule has 0 spiro atoms. The molecule has 2 atom stereocenters. The Morgan fingerprint density at radius 3 is 2.94 bits per heavy atom. The summed E-state index contributed by atoms with van der Waals surface area (Å²) in [4.78, 5) is 2.11. The van der Waals surface area contributed by atoms with E-state index in [4.69, 9.17) is 4.74 Å². The van der Waals surface area contributed by atoms with Crippen molar-refractivity contribution in [3.8, 4) is 0 Å². The van der Waals surface area contributed by atoms with Crippen molar-refractivity contribution in [2.75, 3.05) is 18.1 Å². The van der Waals surface area contributed by atoms with Gasteiger partial charge >= 0.3 is 0 Å². The van der Waals surface area contributed by atoms with Crippen LogP contribution in [0.5, 0.6) is 0 Å². The first kappa shape index (κ1) is 12.8. The van der Waals surface area contributed by atoms with Crippen molar-refractivity contribution in [1.29, 1.82) is 0 Å². The Hall–Kier alpha value is -0.610. The van der Waals surface area contributed by atoms with E-state index in [2.05, 4.69) is 27.8 Å². The third-order valence-electron chi connectivity index (χ3n) is 3.11. The standard InChI is InChI=1S/C13H17BrFNO/c1-9-8-17-10(2)7-16(9)13-11(6-14)4-3-5-12(13)15/h3-5,9-10H,6-8H2,1-2H3. The van der Waals surface area contributed by atoms with Gasteiger partial charge in [0.2, 0.25) is 0 Å². The number of hydrogen-bond acceptors (Lipinski definition) is 2. The van der Waals surface area contributed by atoms with Gasteiger partial charge in [-0.05, 0) is 25.5 Å². The molecule has 1 heterocycles. The summed E-state index contributed by atoms with van der Waals surface area (Å²) in [5.74, 6) is -0.150. The van der Waals surface area contributed by atoms with Crippen molar-refractivity contribution in [3.05, 3.63) is 29.6 Å². The second kappa shape index (κ2) is 5.36. The summed E-state index contributed by atoms with van der Waals surface area (Å²) in [5.41, 5.74) is 1.71. The van der Waals surface area contributed by atoms with Gasteiger partial charge < -0.3 is 9.64 Å². The van der Waals surface area contributed by atoms with Crippen molar-refractivity contribution < 1.29 is 9.13 Å². The fourth-order valence-electron chi connectivity index (χ4n) is 2.20. The molecular formula is C13H17BrFNO. The van der Waals surface area contributed by atoms with Crippen LogP contribution in [-0.2, 0) is 10.1 Å². The van der Waals surface area contributed by atoms with Gasteiger partial charge in [-0.25, -0.2) is 4.39 Å². The van der Waals surface area contributed by atoms with Crippen molar-refractivity contribution in [2.45, 2.75) is 31.3 Å². The second-order valence-electron chi connectivity index (χ2n) is 4.53. The maximum atomic E-state index is 14.0. The van der Waals surface area contributed by atoms with E-state index >= 15 is 0 Å². The van der Waals surface area contributed by atoms with Gasteiger partial charge in [0, 0.05) is 17.9 Å². The summed E-state index contributed by atoms with van der Waals surface area (Å²) in [5, 5.41) is 0.665. The first-order chi connectivity index (χ1) is 8.13. The molecule has 17 heavy (non-hydrogen) atoms. The van der Waals surface area contributed by atoms with Gasteiger partial charge in [0.25, 0.3) is 0 Å². The number of rotatable bonds is 2. The molecule has 94 valence electrons. The van der Waals surface area contributed by atoms with Crippen molar-refractivity contribution >= 4 is 21.6 Å². The Balaban J connectivity index is 2.37. The molecule has 1 aliphatic heterocycles. The molecule has 2 unspecified atom stereocenters. The minimum absolute atomic E-state index is 0.147. The normalized spacial score (nSPS) is 25.1. The SMILES string of the molecule is CC1CN(c2c(F)cccc2CBr)C(C)CO1. The zero-order valence-corrected chi connectivity index (χ0v) is 11.7. The molecule has 2 nitrogen and oxygen atoms in total. The third kappa shape index (κ3) is 2.63. The Morgan fingerprint density at radius 2 is 2.24 bits per heavy atom. The van der Waals surface area contributed by atoms with E-state index in [9.17, 15) is 4.39 Å². The number of morpholine rings is 1. The average molecular weight is 302 g/mol.